The lowest BCUT2D eigenvalue weighted by Gasteiger charge is -2.04. The first-order valence-electron chi connectivity index (χ1n) is 7.62. The maximum Gasteiger partial charge on any atom is 0.162 e. The van der Waals surface area contributed by atoms with Gasteiger partial charge in [-0.25, -0.2) is 0 Å². The number of Topliss-reactive ketones (excluding diaryl/α,β-unsaturated/α-hetero) is 1. The van der Waals surface area contributed by atoms with Gasteiger partial charge in [-0.3, -0.25) is 4.79 Å². The van der Waals surface area contributed by atoms with Crippen LogP contribution in [0, 0.1) is 0 Å². The molecule has 112 valence electrons. The fourth-order valence-corrected chi connectivity index (χ4v) is 3.14. The van der Waals surface area contributed by atoms with Crippen LogP contribution in [0.3, 0.4) is 0 Å². The molecule has 0 amide bonds. The summed E-state index contributed by atoms with van der Waals surface area (Å²) in [5.41, 5.74) is 0.715. The Morgan fingerprint density at radius 3 is 2.20 bits per heavy atom. The monoisotopic (exact) mass is 358 g/mol. The molecule has 0 aliphatic rings. The van der Waals surface area contributed by atoms with Crippen LogP contribution in [-0.4, -0.2) is 5.78 Å². The van der Waals surface area contributed by atoms with E-state index in [0.717, 1.165) is 17.3 Å². The second-order valence-corrected chi connectivity index (χ2v) is 6.66. The minimum absolute atomic E-state index is 0.194. The standard InChI is InChI=1S/C17H24BrClO/c1-2-3-4-5-6-7-8-9-10-17(20)14-11-15(18)13-16(19)12-14/h11-13H,2-10H2,1H3. The molecule has 0 aromatic heterocycles. The molecule has 20 heavy (non-hydrogen) atoms. The van der Waals surface area contributed by atoms with Crippen molar-refractivity contribution < 1.29 is 4.79 Å². The number of halogens is 2. The molecular formula is C17H24BrClO. The van der Waals surface area contributed by atoms with Crippen LogP contribution in [0.25, 0.3) is 0 Å². The van der Waals surface area contributed by atoms with Gasteiger partial charge in [0.2, 0.25) is 0 Å². The van der Waals surface area contributed by atoms with Gasteiger partial charge in [-0.1, -0.05) is 79.4 Å². The first-order chi connectivity index (χ1) is 9.63. The Bertz CT molecular complexity index is 397. The van der Waals surface area contributed by atoms with Crippen molar-refractivity contribution in [2.24, 2.45) is 0 Å². The molecule has 0 unspecified atom stereocenters. The topological polar surface area (TPSA) is 17.1 Å². The largest absolute Gasteiger partial charge is 0.294 e. The van der Waals surface area contributed by atoms with E-state index in [0.29, 0.717) is 17.0 Å². The number of benzene rings is 1. The van der Waals surface area contributed by atoms with Crippen molar-refractivity contribution in [2.75, 3.05) is 0 Å². The summed E-state index contributed by atoms with van der Waals surface area (Å²) in [4.78, 5) is 12.0. The normalized spacial score (nSPS) is 10.8. The molecule has 0 N–H and O–H groups in total. The third kappa shape index (κ3) is 7.44. The van der Waals surface area contributed by atoms with Crippen molar-refractivity contribution in [3.8, 4) is 0 Å². The van der Waals surface area contributed by atoms with Crippen LogP contribution in [0.15, 0.2) is 22.7 Å². The molecule has 0 saturated heterocycles. The Labute approximate surface area is 136 Å². The molecule has 0 heterocycles. The summed E-state index contributed by atoms with van der Waals surface area (Å²) < 4.78 is 0.865. The summed E-state index contributed by atoms with van der Waals surface area (Å²) in [7, 11) is 0. The lowest BCUT2D eigenvalue weighted by atomic mass is 10.0. The molecule has 1 rings (SSSR count). The van der Waals surface area contributed by atoms with Gasteiger partial charge in [0.25, 0.3) is 0 Å². The van der Waals surface area contributed by atoms with E-state index >= 15 is 0 Å². The molecule has 0 aliphatic heterocycles. The number of carbonyl (C=O) groups is 1. The predicted octanol–water partition coefficient (Wildman–Crippen LogP) is 6.82. The molecule has 0 bridgehead atoms. The van der Waals surface area contributed by atoms with E-state index < -0.39 is 0 Å². The molecule has 0 spiro atoms. The fourth-order valence-electron chi connectivity index (χ4n) is 2.28. The van der Waals surface area contributed by atoms with Crippen LogP contribution >= 0.6 is 27.5 Å². The Morgan fingerprint density at radius 2 is 1.60 bits per heavy atom. The van der Waals surface area contributed by atoms with E-state index in [1.165, 1.54) is 38.5 Å². The second-order valence-electron chi connectivity index (χ2n) is 5.31. The van der Waals surface area contributed by atoms with Gasteiger partial charge >= 0.3 is 0 Å². The van der Waals surface area contributed by atoms with Crippen LogP contribution in [0.2, 0.25) is 5.02 Å². The Morgan fingerprint density at radius 1 is 1.00 bits per heavy atom. The molecule has 0 aliphatic carbocycles. The highest BCUT2D eigenvalue weighted by Gasteiger charge is 2.07. The number of hydrogen-bond acceptors (Lipinski definition) is 1. The number of hydrogen-bond donors (Lipinski definition) is 0. The SMILES string of the molecule is CCCCCCCCCCC(=O)c1cc(Cl)cc(Br)c1. The van der Waals surface area contributed by atoms with Crippen molar-refractivity contribution >= 4 is 33.3 Å². The summed E-state index contributed by atoms with van der Waals surface area (Å²) in [5, 5.41) is 0.610. The van der Waals surface area contributed by atoms with Crippen LogP contribution in [0.1, 0.15) is 75.1 Å². The van der Waals surface area contributed by atoms with E-state index in [9.17, 15) is 4.79 Å². The van der Waals surface area contributed by atoms with Crippen LogP contribution in [0.4, 0.5) is 0 Å². The fraction of sp³-hybridized carbons (Fsp3) is 0.588. The zero-order valence-electron chi connectivity index (χ0n) is 12.3. The van der Waals surface area contributed by atoms with E-state index in [1.54, 1.807) is 12.1 Å². The number of ketones is 1. The average molecular weight is 360 g/mol. The molecule has 3 heteroatoms. The van der Waals surface area contributed by atoms with Crippen molar-refractivity contribution in [1.29, 1.82) is 0 Å². The van der Waals surface area contributed by atoms with Gasteiger partial charge in [0, 0.05) is 21.5 Å². The van der Waals surface area contributed by atoms with Crippen molar-refractivity contribution in [3.63, 3.8) is 0 Å². The van der Waals surface area contributed by atoms with E-state index in [4.69, 9.17) is 11.6 Å². The van der Waals surface area contributed by atoms with Crippen LogP contribution in [0.5, 0.6) is 0 Å². The minimum Gasteiger partial charge on any atom is -0.294 e. The zero-order valence-corrected chi connectivity index (χ0v) is 14.6. The molecule has 1 aromatic rings. The third-order valence-corrected chi connectivity index (χ3v) is 4.12. The van der Waals surface area contributed by atoms with Gasteiger partial charge in [-0.05, 0) is 24.6 Å². The smallest absolute Gasteiger partial charge is 0.162 e. The molecule has 1 aromatic carbocycles. The molecule has 0 saturated carbocycles. The molecule has 0 radical (unpaired) electrons. The highest BCUT2D eigenvalue weighted by atomic mass is 79.9. The maximum absolute atomic E-state index is 12.0. The van der Waals surface area contributed by atoms with Gasteiger partial charge in [0.15, 0.2) is 5.78 Å². The van der Waals surface area contributed by atoms with Crippen LogP contribution < -0.4 is 0 Å². The Balaban J connectivity index is 2.17. The van der Waals surface area contributed by atoms with Gasteiger partial charge in [-0.2, -0.15) is 0 Å². The summed E-state index contributed by atoms with van der Waals surface area (Å²) >= 11 is 9.32. The molecular weight excluding hydrogens is 336 g/mol. The third-order valence-electron chi connectivity index (χ3n) is 3.44. The number of carbonyl (C=O) groups excluding carboxylic acids is 1. The van der Waals surface area contributed by atoms with E-state index in [-0.39, 0.29) is 5.78 Å². The Hall–Kier alpha value is -0.340. The summed E-state index contributed by atoms with van der Waals surface area (Å²) in [6.07, 6.45) is 10.6. The van der Waals surface area contributed by atoms with Crippen molar-refractivity contribution in [2.45, 2.75) is 64.7 Å². The highest BCUT2D eigenvalue weighted by Crippen LogP contribution is 2.21. The lowest BCUT2D eigenvalue weighted by molar-refractivity contribution is 0.0979. The number of rotatable bonds is 10. The number of unbranched alkanes of at least 4 members (excludes halogenated alkanes) is 7. The van der Waals surface area contributed by atoms with E-state index in [2.05, 4.69) is 22.9 Å². The Kier molecular flexibility index (Phi) is 9.21. The zero-order chi connectivity index (χ0) is 14.8. The quantitative estimate of drug-likeness (QED) is 0.331. The molecule has 0 fully saturated rings. The van der Waals surface area contributed by atoms with Gasteiger partial charge < -0.3 is 0 Å². The van der Waals surface area contributed by atoms with Gasteiger partial charge in [0.1, 0.15) is 0 Å². The molecule has 0 atom stereocenters. The summed E-state index contributed by atoms with van der Waals surface area (Å²) in [6.45, 7) is 2.24. The van der Waals surface area contributed by atoms with Gasteiger partial charge in [0.05, 0.1) is 0 Å². The van der Waals surface area contributed by atoms with Crippen molar-refractivity contribution in [1.82, 2.24) is 0 Å². The predicted molar refractivity (Wildman–Crippen MR) is 90.7 cm³/mol. The lowest BCUT2D eigenvalue weighted by Crippen LogP contribution is -1.99. The first kappa shape index (κ1) is 17.7. The minimum atomic E-state index is 0.194. The first-order valence-corrected chi connectivity index (χ1v) is 8.80. The van der Waals surface area contributed by atoms with Gasteiger partial charge in [-0.15, -0.1) is 0 Å². The summed E-state index contributed by atoms with van der Waals surface area (Å²) in [5.74, 6) is 0.194. The average Bonchev–Trinajstić information content (AvgIpc) is 2.40. The van der Waals surface area contributed by atoms with Crippen molar-refractivity contribution in [3.05, 3.63) is 33.3 Å². The van der Waals surface area contributed by atoms with Crippen LogP contribution in [-0.2, 0) is 0 Å². The van der Waals surface area contributed by atoms with E-state index in [1.807, 2.05) is 6.07 Å². The summed E-state index contributed by atoms with van der Waals surface area (Å²) in [6, 6.07) is 5.40. The molecule has 1 nitrogen and oxygen atoms in total. The highest BCUT2D eigenvalue weighted by molar-refractivity contribution is 9.10. The second kappa shape index (κ2) is 10.4. The maximum atomic E-state index is 12.0.